The van der Waals surface area contributed by atoms with Crippen LogP contribution in [0.5, 0.6) is 5.75 Å². The molecule has 0 unspecified atom stereocenters. The van der Waals surface area contributed by atoms with Crippen molar-refractivity contribution in [2.45, 2.75) is 18.2 Å². The molecule has 150 valence electrons. The molecule has 1 aliphatic rings. The number of nitrogens with zero attached hydrogens (tertiary/aromatic N) is 4. The van der Waals surface area contributed by atoms with E-state index in [0.717, 1.165) is 43.6 Å². The lowest BCUT2D eigenvalue weighted by Gasteiger charge is -2.26. The van der Waals surface area contributed by atoms with Gasteiger partial charge in [0.25, 0.3) is 0 Å². The van der Waals surface area contributed by atoms with Crippen molar-refractivity contribution in [2.24, 2.45) is 0 Å². The third kappa shape index (κ3) is 5.57. The van der Waals surface area contributed by atoms with Gasteiger partial charge in [-0.15, -0.1) is 16.8 Å². The zero-order valence-corrected chi connectivity index (χ0v) is 16.8. The van der Waals surface area contributed by atoms with Gasteiger partial charge < -0.3 is 19.4 Å². The number of anilines is 1. The van der Waals surface area contributed by atoms with E-state index < -0.39 is 0 Å². The largest absolute Gasteiger partial charge is 0.497 e. The fourth-order valence-corrected chi connectivity index (χ4v) is 3.58. The summed E-state index contributed by atoms with van der Waals surface area (Å²) in [4.78, 5) is 14.6. The topological polar surface area (TPSA) is 81.5 Å². The highest BCUT2D eigenvalue weighted by atomic mass is 32.2. The third-order valence-electron chi connectivity index (χ3n) is 4.28. The number of carbonyl (C=O) groups excluding carboxylic acids is 1. The number of benzene rings is 1. The van der Waals surface area contributed by atoms with Gasteiger partial charge in [0.15, 0.2) is 5.16 Å². The van der Waals surface area contributed by atoms with Crippen molar-refractivity contribution < 1.29 is 14.3 Å². The summed E-state index contributed by atoms with van der Waals surface area (Å²) in [5.41, 5.74) is 0.729. The van der Waals surface area contributed by atoms with Crippen molar-refractivity contribution in [3.63, 3.8) is 0 Å². The third-order valence-corrected chi connectivity index (χ3v) is 5.25. The minimum atomic E-state index is -0.0990. The lowest BCUT2D eigenvalue weighted by molar-refractivity contribution is -0.113. The van der Waals surface area contributed by atoms with Gasteiger partial charge >= 0.3 is 0 Å². The quantitative estimate of drug-likeness (QED) is 0.507. The molecule has 0 spiro atoms. The highest BCUT2D eigenvalue weighted by molar-refractivity contribution is 7.99. The van der Waals surface area contributed by atoms with Crippen molar-refractivity contribution in [3.05, 3.63) is 42.7 Å². The molecule has 1 amide bonds. The summed E-state index contributed by atoms with van der Waals surface area (Å²) in [7, 11) is 1.61. The van der Waals surface area contributed by atoms with Crippen molar-refractivity contribution in [2.75, 3.05) is 44.5 Å². The summed E-state index contributed by atoms with van der Waals surface area (Å²) in [5, 5.41) is 12.2. The molecule has 0 bridgehead atoms. The zero-order chi connectivity index (χ0) is 19.8. The molecule has 9 heteroatoms. The van der Waals surface area contributed by atoms with Crippen molar-refractivity contribution in [1.29, 1.82) is 0 Å². The van der Waals surface area contributed by atoms with Crippen LogP contribution >= 0.6 is 11.8 Å². The number of rotatable bonds is 9. The Morgan fingerprint density at radius 3 is 2.75 bits per heavy atom. The molecule has 2 heterocycles. The van der Waals surface area contributed by atoms with Crippen LogP contribution in [0.25, 0.3) is 0 Å². The molecule has 1 fully saturated rings. The highest BCUT2D eigenvalue weighted by Gasteiger charge is 2.18. The molecule has 0 radical (unpaired) electrons. The molecular weight excluding hydrogens is 378 g/mol. The predicted molar refractivity (Wildman–Crippen MR) is 109 cm³/mol. The monoisotopic (exact) mass is 403 g/mol. The first-order valence-corrected chi connectivity index (χ1v) is 10.1. The van der Waals surface area contributed by atoms with E-state index in [-0.39, 0.29) is 11.7 Å². The van der Waals surface area contributed by atoms with Crippen LogP contribution in [0.4, 0.5) is 5.69 Å². The van der Waals surface area contributed by atoms with E-state index in [9.17, 15) is 4.79 Å². The first-order valence-electron chi connectivity index (χ1n) is 9.09. The minimum Gasteiger partial charge on any atom is -0.497 e. The summed E-state index contributed by atoms with van der Waals surface area (Å²) < 4.78 is 12.5. The molecule has 0 saturated carbocycles. The van der Waals surface area contributed by atoms with Crippen LogP contribution in [0, 0.1) is 0 Å². The van der Waals surface area contributed by atoms with Crippen LogP contribution < -0.4 is 10.1 Å². The van der Waals surface area contributed by atoms with Gasteiger partial charge in [0.1, 0.15) is 11.6 Å². The Morgan fingerprint density at radius 1 is 1.32 bits per heavy atom. The maximum atomic E-state index is 12.3. The number of nitrogens with one attached hydrogen (secondary N) is 1. The number of hydrogen-bond donors (Lipinski definition) is 1. The van der Waals surface area contributed by atoms with Gasteiger partial charge in [0.2, 0.25) is 5.91 Å². The van der Waals surface area contributed by atoms with Crippen molar-refractivity contribution >= 4 is 23.4 Å². The lowest BCUT2D eigenvalue weighted by atomic mass is 10.3. The van der Waals surface area contributed by atoms with Crippen LogP contribution in [-0.4, -0.2) is 64.7 Å². The summed E-state index contributed by atoms with van der Waals surface area (Å²) in [6, 6.07) is 7.23. The van der Waals surface area contributed by atoms with Crippen molar-refractivity contribution in [1.82, 2.24) is 19.7 Å². The molecular formula is C19H25N5O3S. The van der Waals surface area contributed by atoms with Gasteiger partial charge in [0.05, 0.1) is 32.6 Å². The van der Waals surface area contributed by atoms with Crippen LogP contribution in [-0.2, 0) is 22.6 Å². The number of carbonyl (C=O) groups is 1. The first-order chi connectivity index (χ1) is 13.7. The van der Waals surface area contributed by atoms with E-state index in [4.69, 9.17) is 9.47 Å². The van der Waals surface area contributed by atoms with Crippen molar-refractivity contribution in [3.8, 4) is 5.75 Å². The summed E-state index contributed by atoms with van der Waals surface area (Å²) in [6.07, 6.45) is 1.81. The van der Waals surface area contributed by atoms with Crippen LogP contribution in [0.15, 0.2) is 42.1 Å². The SMILES string of the molecule is C=CCn1c(CN2CCOCC2)nnc1SCC(=O)Nc1ccc(OC)cc1. The number of amides is 1. The molecule has 2 aromatic rings. The molecule has 1 aromatic heterocycles. The molecule has 28 heavy (non-hydrogen) atoms. The average Bonchev–Trinajstić information content (AvgIpc) is 3.09. The molecule has 1 N–H and O–H groups in total. The smallest absolute Gasteiger partial charge is 0.234 e. The number of ether oxygens (including phenoxy) is 2. The van der Waals surface area contributed by atoms with Crippen LogP contribution in [0.2, 0.25) is 0 Å². The summed E-state index contributed by atoms with van der Waals surface area (Å²) >= 11 is 1.37. The Hall–Kier alpha value is -2.36. The van der Waals surface area contributed by atoms with Crippen LogP contribution in [0.1, 0.15) is 5.82 Å². The molecule has 3 rings (SSSR count). The second-order valence-corrected chi connectivity index (χ2v) is 7.19. The minimum absolute atomic E-state index is 0.0990. The predicted octanol–water partition coefficient (Wildman–Crippen LogP) is 2.04. The number of hydrogen-bond acceptors (Lipinski definition) is 7. The lowest BCUT2D eigenvalue weighted by Crippen LogP contribution is -2.36. The fourth-order valence-electron chi connectivity index (χ4n) is 2.82. The molecule has 8 nitrogen and oxygen atoms in total. The highest BCUT2D eigenvalue weighted by Crippen LogP contribution is 2.20. The Morgan fingerprint density at radius 2 is 2.07 bits per heavy atom. The molecule has 1 aliphatic heterocycles. The Bertz CT molecular complexity index is 787. The van der Waals surface area contributed by atoms with Gasteiger partial charge in [-0.3, -0.25) is 9.69 Å². The first kappa shape index (κ1) is 20.4. The standard InChI is InChI=1S/C19H25N5O3S/c1-3-8-24-17(13-23-9-11-27-12-10-23)21-22-19(24)28-14-18(25)20-15-4-6-16(26-2)7-5-15/h3-7H,1,8-14H2,2H3,(H,20,25). The van der Waals surface area contributed by atoms with Gasteiger partial charge in [-0.1, -0.05) is 17.8 Å². The Balaban J connectivity index is 1.57. The average molecular weight is 404 g/mol. The van der Waals surface area contributed by atoms with Gasteiger partial charge in [-0.2, -0.15) is 0 Å². The molecule has 1 aromatic carbocycles. The van der Waals surface area contributed by atoms with E-state index in [2.05, 4.69) is 27.0 Å². The van der Waals surface area contributed by atoms with E-state index >= 15 is 0 Å². The molecule has 0 atom stereocenters. The van der Waals surface area contributed by atoms with E-state index in [1.54, 1.807) is 19.2 Å². The maximum absolute atomic E-state index is 12.3. The number of allylic oxidation sites excluding steroid dienone is 1. The number of morpholine rings is 1. The summed E-state index contributed by atoms with van der Waals surface area (Å²) in [6.45, 7) is 8.38. The van der Waals surface area contributed by atoms with Gasteiger partial charge in [-0.25, -0.2) is 0 Å². The molecule has 0 aliphatic carbocycles. The van der Waals surface area contributed by atoms with Gasteiger partial charge in [-0.05, 0) is 24.3 Å². The summed E-state index contributed by atoms with van der Waals surface area (Å²) in [5.74, 6) is 1.77. The van der Waals surface area contributed by atoms with E-state index in [1.165, 1.54) is 11.8 Å². The maximum Gasteiger partial charge on any atom is 0.234 e. The molecule has 1 saturated heterocycles. The normalized spacial score (nSPS) is 14.6. The van der Waals surface area contributed by atoms with Crippen LogP contribution in [0.3, 0.4) is 0 Å². The van der Waals surface area contributed by atoms with Gasteiger partial charge in [0, 0.05) is 25.3 Å². The number of methoxy groups -OCH3 is 1. The zero-order valence-electron chi connectivity index (χ0n) is 16.0. The second-order valence-electron chi connectivity index (χ2n) is 6.25. The number of thioether (sulfide) groups is 1. The fraction of sp³-hybridized carbons (Fsp3) is 0.421. The second kappa shape index (κ2) is 10.3. The van der Waals surface area contributed by atoms with E-state index in [1.807, 2.05) is 22.8 Å². The Labute approximate surface area is 168 Å². The Kier molecular flexibility index (Phi) is 7.46. The van der Waals surface area contributed by atoms with E-state index in [0.29, 0.717) is 18.2 Å². The number of aromatic nitrogens is 3.